The highest BCUT2D eigenvalue weighted by atomic mass is 79.9. The second-order valence-corrected chi connectivity index (χ2v) is 7.35. The Kier molecular flexibility index (Phi) is 7.34. The van der Waals surface area contributed by atoms with E-state index in [-0.39, 0.29) is 11.9 Å². The minimum Gasteiger partial charge on any atom is -0.375 e. The lowest BCUT2D eigenvalue weighted by atomic mass is 10.2. The van der Waals surface area contributed by atoms with Gasteiger partial charge in [0.2, 0.25) is 0 Å². The molecule has 0 saturated heterocycles. The summed E-state index contributed by atoms with van der Waals surface area (Å²) in [6.07, 6.45) is -0.0122. The quantitative estimate of drug-likeness (QED) is 0.558. The van der Waals surface area contributed by atoms with Crippen molar-refractivity contribution in [3.8, 4) is 0 Å². The van der Waals surface area contributed by atoms with Crippen LogP contribution in [0.4, 0.5) is 4.39 Å². The molecule has 0 aliphatic heterocycles. The molecule has 2 rings (SSSR count). The van der Waals surface area contributed by atoms with E-state index in [0.717, 1.165) is 15.2 Å². The number of nitrogens with zero attached hydrogens (tertiary/aromatic N) is 3. The molecule has 0 aliphatic carbocycles. The second kappa shape index (κ2) is 9.26. The molecule has 0 radical (unpaired) electrons. The number of ether oxygens (including phenoxy) is 1. The van der Waals surface area contributed by atoms with Gasteiger partial charge in [0.1, 0.15) is 16.9 Å². The lowest BCUT2D eigenvalue weighted by Gasteiger charge is -2.21. The number of hydrogen-bond acceptors (Lipinski definition) is 4. The predicted octanol–water partition coefficient (Wildman–Crippen LogP) is 3.96. The molecule has 0 bridgehead atoms. The van der Waals surface area contributed by atoms with E-state index in [0.29, 0.717) is 24.6 Å². The lowest BCUT2D eigenvalue weighted by Crippen LogP contribution is -2.38. The van der Waals surface area contributed by atoms with Gasteiger partial charge < -0.3 is 15.0 Å². The Labute approximate surface area is 160 Å². The number of aromatic nitrogens is 1. The summed E-state index contributed by atoms with van der Waals surface area (Å²) in [7, 11) is 5.30. The Morgan fingerprint density at radius 1 is 1.52 bits per heavy atom. The molecule has 0 aliphatic rings. The standard InChI is InChI=1S/C17H22BrFN4OS/c1-11(24-4)16-22-14(10-25-16)9-23(3)17(20-2)21-8-12-5-6-13(18)7-15(12)19/h5-7,10-11H,8-9H2,1-4H3,(H,20,21). The highest BCUT2D eigenvalue weighted by molar-refractivity contribution is 9.10. The number of rotatable bonds is 6. The normalized spacial score (nSPS) is 13.0. The maximum Gasteiger partial charge on any atom is 0.194 e. The monoisotopic (exact) mass is 428 g/mol. The van der Waals surface area contributed by atoms with Gasteiger partial charge in [0.25, 0.3) is 0 Å². The number of thiazole rings is 1. The van der Waals surface area contributed by atoms with Crippen molar-refractivity contribution in [2.45, 2.75) is 26.1 Å². The SMILES string of the molecule is CN=C(NCc1ccc(Br)cc1F)N(C)Cc1csc(C(C)OC)n1. The van der Waals surface area contributed by atoms with E-state index in [9.17, 15) is 4.39 Å². The average Bonchev–Trinajstić information content (AvgIpc) is 3.04. The van der Waals surface area contributed by atoms with Crippen molar-refractivity contribution >= 4 is 33.2 Å². The molecule has 0 spiro atoms. The summed E-state index contributed by atoms with van der Waals surface area (Å²) in [4.78, 5) is 10.8. The molecular formula is C17H22BrFN4OS. The molecule has 1 unspecified atom stereocenters. The van der Waals surface area contributed by atoms with E-state index in [1.807, 2.05) is 30.3 Å². The maximum absolute atomic E-state index is 13.9. The van der Waals surface area contributed by atoms with E-state index < -0.39 is 0 Å². The topological polar surface area (TPSA) is 49.8 Å². The summed E-state index contributed by atoms with van der Waals surface area (Å²) in [6.45, 7) is 2.94. The van der Waals surface area contributed by atoms with Crippen LogP contribution < -0.4 is 5.32 Å². The number of benzene rings is 1. The third kappa shape index (κ3) is 5.49. The van der Waals surface area contributed by atoms with Gasteiger partial charge in [0, 0.05) is 43.2 Å². The van der Waals surface area contributed by atoms with Crippen LogP contribution >= 0.6 is 27.3 Å². The van der Waals surface area contributed by atoms with Crippen LogP contribution in [0.2, 0.25) is 0 Å². The molecule has 136 valence electrons. The van der Waals surface area contributed by atoms with Gasteiger partial charge >= 0.3 is 0 Å². The van der Waals surface area contributed by atoms with Gasteiger partial charge in [-0.1, -0.05) is 22.0 Å². The number of halogens is 2. The largest absolute Gasteiger partial charge is 0.375 e. The molecular weight excluding hydrogens is 407 g/mol. The zero-order chi connectivity index (χ0) is 18.4. The first kappa shape index (κ1) is 19.8. The third-order valence-corrected chi connectivity index (χ3v) is 5.24. The van der Waals surface area contributed by atoms with Gasteiger partial charge in [-0.2, -0.15) is 0 Å². The molecule has 25 heavy (non-hydrogen) atoms. The maximum atomic E-state index is 13.9. The fraction of sp³-hybridized carbons (Fsp3) is 0.412. The number of hydrogen-bond donors (Lipinski definition) is 1. The Morgan fingerprint density at radius 3 is 2.92 bits per heavy atom. The van der Waals surface area contributed by atoms with E-state index >= 15 is 0 Å². The summed E-state index contributed by atoms with van der Waals surface area (Å²) in [5, 5.41) is 6.14. The minimum absolute atomic E-state index is 0.0122. The Hall–Kier alpha value is -1.51. The van der Waals surface area contributed by atoms with Crippen molar-refractivity contribution in [3.63, 3.8) is 0 Å². The van der Waals surface area contributed by atoms with Crippen molar-refractivity contribution in [2.75, 3.05) is 21.2 Å². The van der Waals surface area contributed by atoms with Crippen LogP contribution in [0.15, 0.2) is 33.0 Å². The molecule has 8 heteroatoms. The van der Waals surface area contributed by atoms with Gasteiger partial charge in [0.05, 0.1) is 12.2 Å². The zero-order valence-electron chi connectivity index (χ0n) is 14.7. The molecule has 0 saturated carbocycles. The molecule has 5 nitrogen and oxygen atoms in total. The molecule has 1 aromatic heterocycles. The Balaban J connectivity index is 1.96. The summed E-state index contributed by atoms with van der Waals surface area (Å²) < 4.78 is 19.9. The second-order valence-electron chi connectivity index (χ2n) is 5.55. The van der Waals surface area contributed by atoms with Crippen LogP contribution in [-0.4, -0.2) is 37.0 Å². The first-order valence-corrected chi connectivity index (χ1v) is 9.44. The first-order valence-electron chi connectivity index (χ1n) is 7.77. The first-order chi connectivity index (χ1) is 11.9. The number of nitrogens with one attached hydrogen (secondary N) is 1. The predicted molar refractivity (Wildman–Crippen MR) is 103 cm³/mol. The summed E-state index contributed by atoms with van der Waals surface area (Å²) >= 11 is 4.84. The third-order valence-electron chi connectivity index (χ3n) is 3.70. The Morgan fingerprint density at radius 2 is 2.28 bits per heavy atom. The van der Waals surface area contributed by atoms with Crippen molar-refractivity contribution in [1.29, 1.82) is 0 Å². The lowest BCUT2D eigenvalue weighted by molar-refractivity contribution is 0.119. The zero-order valence-corrected chi connectivity index (χ0v) is 17.1. The smallest absolute Gasteiger partial charge is 0.194 e. The van der Waals surface area contributed by atoms with E-state index in [1.54, 1.807) is 31.6 Å². The van der Waals surface area contributed by atoms with Gasteiger partial charge in [-0.15, -0.1) is 11.3 Å². The van der Waals surface area contributed by atoms with Crippen LogP contribution in [-0.2, 0) is 17.8 Å². The molecule has 0 fully saturated rings. The van der Waals surface area contributed by atoms with Crippen LogP contribution in [0.1, 0.15) is 29.3 Å². The molecule has 1 atom stereocenters. The molecule has 1 N–H and O–H groups in total. The van der Waals surface area contributed by atoms with Crippen molar-refractivity contribution in [1.82, 2.24) is 15.2 Å². The fourth-order valence-electron chi connectivity index (χ4n) is 2.22. The number of aliphatic imine (C=N–C) groups is 1. The molecule has 2 aromatic rings. The highest BCUT2D eigenvalue weighted by Crippen LogP contribution is 2.21. The van der Waals surface area contributed by atoms with Crippen molar-refractivity contribution in [3.05, 3.63) is 50.1 Å². The minimum atomic E-state index is -0.252. The van der Waals surface area contributed by atoms with Gasteiger partial charge in [-0.3, -0.25) is 4.99 Å². The van der Waals surface area contributed by atoms with Gasteiger partial charge in [0.15, 0.2) is 5.96 Å². The molecule has 1 heterocycles. The molecule has 1 aromatic carbocycles. The fourth-order valence-corrected chi connectivity index (χ4v) is 3.40. The van der Waals surface area contributed by atoms with E-state index in [4.69, 9.17) is 4.74 Å². The van der Waals surface area contributed by atoms with Crippen molar-refractivity contribution < 1.29 is 9.13 Å². The Bertz CT molecular complexity index is 737. The van der Waals surface area contributed by atoms with E-state index in [2.05, 4.69) is 31.2 Å². The van der Waals surface area contributed by atoms with Gasteiger partial charge in [-0.05, 0) is 19.1 Å². The average molecular weight is 429 g/mol. The van der Waals surface area contributed by atoms with Crippen molar-refractivity contribution in [2.24, 2.45) is 4.99 Å². The van der Waals surface area contributed by atoms with Gasteiger partial charge in [-0.25, -0.2) is 9.37 Å². The van der Waals surface area contributed by atoms with Crippen LogP contribution in [0.3, 0.4) is 0 Å². The molecule has 0 amide bonds. The van der Waals surface area contributed by atoms with Crippen LogP contribution in [0.25, 0.3) is 0 Å². The summed E-state index contributed by atoms with van der Waals surface area (Å²) in [5.74, 6) is 0.425. The van der Waals surface area contributed by atoms with Crippen LogP contribution in [0, 0.1) is 5.82 Å². The van der Waals surface area contributed by atoms with Crippen LogP contribution in [0.5, 0.6) is 0 Å². The number of guanidine groups is 1. The summed E-state index contributed by atoms with van der Waals surface area (Å²) in [6, 6.07) is 5.02. The summed E-state index contributed by atoms with van der Waals surface area (Å²) in [5.41, 5.74) is 1.53. The van der Waals surface area contributed by atoms with E-state index in [1.165, 1.54) is 6.07 Å². The number of methoxy groups -OCH3 is 1. The highest BCUT2D eigenvalue weighted by Gasteiger charge is 2.13.